The van der Waals surface area contributed by atoms with Crippen LogP contribution in [0.2, 0.25) is 0 Å². The highest BCUT2D eigenvalue weighted by Crippen LogP contribution is 2.31. The molecule has 0 atom stereocenters. The zero-order chi connectivity index (χ0) is 16.4. The fourth-order valence-corrected chi connectivity index (χ4v) is 2.90. The molecule has 3 rings (SSSR count). The summed E-state index contributed by atoms with van der Waals surface area (Å²) in [6, 6.07) is 10.7. The third kappa shape index (κ3) is 2.86. The molecule has 0 aliphatic carbocycles. The maximum Gasteiger partial charge on any atom is 0.258 e. The zero-order valence-corrected chi connectivity index (χ0v) is 13.0. The van der Waals surface area contributed by atoms with E-state index >= 15 is 0 Å². The highest BCUT2D eigenvalue weighted by molar-refractivity contribution is 7.13. The molecular weight excluding hydrogens is 314 g/mol. The second kappa shape index (κ2) is 6.05. The van der Waals surface area contributed by atoms with Crippen LogP contribution in [0.5, 0.6) is 0 Å². The Bertz CT molecular complexity index is 869. The normalized spacial score (nSPS) is 10.5. The Hall–Kier alpha value is -2.93. The van der Waals surface area contributed by atoms with Crippen LogP contribution in [0, 0.1) is 6.92 Å². The maximum absolute atomic E-state index is 12.4. The van der Waals surface area contributed by atoms with Gasteiger partial charge in [-0.3, -0.25) is 14.9 Å². The van der Waals surface area contributed by atoms with Crippen molar-refractivity contribution in [3.63, 3.8) is 0 Å². The summed E-state index contributed by atoms with van der Waals surface area (Å²) in [5, 5.41) is 8.28. The van der Waals surface area contributed by atoms with Crippen LogP contribution in [-0.2, 0) is 0 Å². The number of amides is 2. The van der Waals surface area contributed by atoms with Crippen LogP contribution >= 0.6 is 11.3 Å². The number of benzene rings is 1. The first kappa shape index (κ1) is 15.0. The number of nitrogens with two attached hydrogens (primary N) is 1. The molecule has 6 nitrogen and oxygen atoms in total. The lowest BCUT2D eigenvalue weighted by Gasteiger charge is -2.05. The molecule has 2 heterocycles. The lowest BCUT2D eigenvalue weighted by molar-refractivity contribution is 0.100. The number of carbonyl (C=O) groups is 2. The van der Waals surface area contributed by atoms with E-state index in [2.05, 4.69) is 10.5 Å². The standard InChI is InChI=1S/C16H13N3O3S/c1-9-5-2-3-6-10(9)15(21)18-16-12(14(17)20)13(19-22-16)11-7-4-8-23-11/h2-8H,1H3,(H2,17,20)(H,18,21). The molecule has 7 heteroatoms. The number of thiophene rings is 1. The van der Waals surface area contributed by atoms with E-state index in [0.717, 1.165) is 10.4 Å². The SMILES string of the molecule is Cc1ccccc1C(=O)Nc1onc(-c2cccs2)c1C(N)=O. The van der Waals surface area contributed by atoms with Gasteiger partial charge in [-0.1, -0.05) is 29.4 Å². The molecule has 23 heavy (non-hydrogen) atoms. The highest BCUT2D eigenvalue weighted by atomic mass is 32.1. The Labute approximate surface area is 135 Å². The Morgan fingerprint density at radius 1 is 1.22 bits per heavy atom. The van der Waals surface area contributed by atoms with Crippen LogP contribution in [0.4, 0.5) is 5.88 Å². The second-order valence-corrected chi connectivity index (χ2v) is 5.79. The fourth-order valence-electron chi connectivity index (χ4n) is 2.18. The average Bonchev–Trinajstić information content (AvgIpc) is 3.16. The Morgan fingerprint density at radius 3 is 2.65 bits per heavy atom. The van der Waals surface area contributed by atoms with Crippen molar-refractivity contribution in [1.82, 2.24) is 5.16 Å². The van der Waals surface area contributed by atoms with Gasteiger partial charge in [0.2, 0.25) is 5.88 Å². The molecular formula is C16H13N3O3S. The smallest absolute Gasteiger partial charge is 0.258 e. The average molecular weight is 327 g/mol. The zero-order valence-electron chi connectivity index (χ0n) is 12.2. The van der Waals surface area contributed by atoms with Gasteiger partial charge in [0.05, 0.1) is 4.88 Å². The predicted octanol–water partition coefficient (Wildman–Crippen LogP) is 3.06. The van der Waals surface area contributed by atoms with Gasteiger partial charge in [-0.15, -0.1) is 11.3 Å². The minimum absolute atomic E-state index is 0.0471. The fraction of sp³-hybridized carbons (Fsp3) is 0.0625. The molecule has 0 saturated heterocycles. The van der Waals surface area contributed by atoms with Gasteiger partial charge in [0.15, 0.2) is 0 Å². The van der Waals surface area contributed by atoms with Gasteiger partial charge < -0.3 is 10.3 Å². The summed E-state index contributed by atoms with van der Waals surface area (Å²) in [5.41, 5.74) is 7.11. The van der Waals surface area contributed by atoms with Crippen LogP contribution in [0.25, 0.3) is 10.6 Å². The number of primary amides is 1. The molecule has 0 spiro atoms. The lowest BCUT2D eigenvalue weighted by atomic mass is 10.1. The van der Waals surface area contributed by atoms with Gasteiger partial charge >= 0.3 is 0 Å². The summed E-state index contributed by atoms with van der Waals surface area (Å²) >= 11 is 1.40. The van der Waals surface area contributed by atoms with E-state index in [1.54, 1.807) is 18.2 Å². The third-order valence-corrected chi connectivity index (χ3v) is 4.19. The Kier molecular flexibility index (Phi) is 3.94. The highest BCUT2D eigenvalue weighted by Gasteiger charge is 2.24. The number of hydrogen-bond acceptors (Lipinski definition) is 5. The Morgan fingerprint density at radius 2 is 2.00 bits per heavy atom. The van der Waals surface area contributed by atoms with Crippen molar-refractivity contribution < 1.29 is 14.1 Å². The van der Waals surface area contributed by atoms with Crippen LogP contribution < -0.4 is 11.1 Å². The second-order valence-electron chi connectivity index (χ2n) is 4.85. The number of nitrogens with one attached hydrogen (secondary N) is 1. The molecule has 116 valence electrons. The van der Waals surface area contributed by atoms with Crippen LogP contribution in [0.3, 0.4) is 0 Å². The summed E-state index contributed by atoms with van der Waals surface area (Å²) in [6.45, 7) is 1.82. The number of nitrogens with zero attached hydrogens (tertiary/aromatic N) is 1. The summed E-state index contributed by atoms with van der Waals surface area (Å²) in [5.74, 6) is -1.15. The molecule has 2 aromatic heterocycles. The molecule has 1 aromatic carbocycles. The van der Waals surface area contributed by atoms with E-state index in [-0.39, 0.29) is 17.4 Å². The van der Waals surface area contributed by atoms with E-state index in [9.17, 15) is 9.59 Å². The lowest BCUT2D eigenvalue weighted by Crippen LogP contribution is -2.18. The van der Waals surface area contributed by atoms with Crippen molar-refractivity contribution in [2.45, 2.75) is 6.92 Å². The summed E-state index contributed by atoms with van der Waals surface area (Å²) in [7, 11) is 0. The first-order chi connectivity index (χ1) is 11.1. The molecule has 0 aliphatic rings. The summed E-state index contributed by atoms with van der Waals surface area (Å²) < 4.78 is 5.14. The number of carbonyl (C=O) groups excluding carboxylic acids is 2. The number of rotatable bonds is 4. The topological polar surface area (TPSA) is 98.2 Å². The van der Waals surface area contributed by atoms with Crippen LogP contribution in [0.15, 0.2) is 46.3 Å². The monoisotopic (exact) mass is 327 g/mol. The number of aryl methyl sites for hydroxylation is 1. The molecule has 0 saturated carbocycles. The van der Waals surface area contributed by atoms with E-state index < -0.39 is 5.91 Å². The quantitative estimate of drug-likeness (QED) is 0.769. The number of hydrogen-bond donors (Lipinski definition) is 2. The molecule has 0 aliphatic heterocycles. The van der Waals surface area contributed by atoms with Crippen molar-refractivity contribution in [2.24, 2.45) is 5.73 Å². The van der Waals surface area contributed by atoms with E-state index in [1.807, 2.05) is 30.5 Å². The van der Waals surface area contributed by atoms with E-state index in [1.165, 1.54) is 11.3 Å². The largest absolute Gasteiger partial charge is 0.365 e. The summed E-state index contributed by atoms with van der Waals surface area (Å²) in [6.07, 6.45) is 0. The van der Waals surface area contributed by atoms with E-state index in [0.29, 0.717) is 11.3 Å². The van der Waals surface area contributed by atoms with Gasteiger partial charge in [0.1, 0.15) is 11.3 Å². The van der Waals surface area contributed by atoms with Crippen LogP contribution in [0.1, 0.15) is 26.3 Å². The predicted molar refractivity (Wildman–Crippen MR) is 87.5 cm³/mol. The first-order valence-electron chi connectivity index (χ1n) is 6.78. The summed E-state index contributed by atoms with van der Waals surface area (Å²) in [4.78, 5) is 24.9. The molecule has 3 aromatic rings. The Balaban J connectivity index is 1.97. The molecule has 0 bridgehead atoms. The molecule has 0 radical (unpaired) electrons. The van der Waals surface area contributed by atoms with Crippen molar-refractivity contribution >= 4 is 29.0 Å². The molecule has 0 fully saturated rings. The third-order valence-electron chi connectivity index (χ3n) is 3.31. The van der Waals surface area contributed by atoms with E-state index in [4.69, 9.17) is 10.3 Å². The van der Waals surface area contributed by atoms with Gasteiger partial charge in [0.25, 0.3) is 11.8 Å². The van der Waals surface area contributed by atoms with Crippen molar-refractivity contribution in [1.29, 1.82) is 0 Å². The molecule has 2 amide bonds. The van der Waals surface area contributed by atoms with Crippen molar-refractivity contribution in [2.75, 3.05) is 5.32 Å². The van der Waals surface area contributed by atoms with Gasteiger partial charge in [0, 0.05) is 5.56 Å². The minimum Gasteiger partial charge on any atom is -0.365 e. The van der Waals surface area contributed by atoms with Crippen molar-refractivity contribution in [3.8, 4) is 10.6 Å². The van der Waals surface area contributed by atoms with Gasteiger partial charge in [-0.05, 0) is 30.0 Å². The molecule has 3 N–H and O–H groups in total. The van der Waals surface area contributed by atoms with Gasteiger partial charge in [-0.25, -0.2) is 0 Å². The minimum atomic E-state index is -0.713. The number of anilines is 1. The van der Waals surface area contributed by atoms with Gasteiger partial charge in [-0.2, -0.15) is 0 Å². The van der Waals surface area contributed by atoms with Crippen molar-refractivity contribution in [3.05, 3.63) is 58.5 Å². The number of aromatic nitrogens is 1. The van der Waals surface area contributed by atoms with Crippen LogP contribution in [-0.4, -0.2) is 17.0 Å². The first-order valence-corrected chi connectivity index (χ1v) is 7.66. The maximum atomic E-state index is 12.4. The molecule has 0 unspecified atom stereocenters.